The molecule has 0 amide bonds. The van der Waals surface area contributed by atoms with Crippen LogP contribution < -0.4 is 0 Å². The first-order valence-electron chi connectivity index (χ1n) is 8.27. The van der Waals surface area contributed by atoms with E-state index in [1.54, 1.807) is 0 Å². The van der Waals surface area contributed by atoms with Crippen LogP contribution in [-0.4, -0.2) is 25.3 Å². The monoisotopic (exact) mass is 393 g/mol. The minimum atomic E-state index is -0.531. The number of hydrogen-bond acceptors (Lipinski definition) is 6. The SMILES string of the molecule is O=[N+]([O-])c1[nH]nc(-c2nnc(C34CC5CC(CC(C5)C3)C4)o2)c1Br. The van der Waals surface area contributed by atoms with Gasteiger partial charge in [-0.1, -0.05) is 5.10 Å². The maximum Gasteiger partial charge on any atom is 0.357 e. The minimum absolute atomic E-state index is 0.00865. The van der Waals surface area contributed by atoms with Crippen molar-refractivity contribution in [1.82, 2.24) is 20.4 Å². The fourth-order valence-electron chi connectivity index (χ4n) is 5.49. The van der Waals surface area contributed by atoms with E-state index in [1.165, 1.54) is 19.3 Å². The highest BCUT2D eigenvalue weighted by Gasteiger charge is 2.54. The van der Waals surface area contributed by atoms with E-state index in [1.807, 2.05) is 0 Å². The highest BCUT2D eigenvalue weighted by Crippen LogP contribution is 2.60. The number of nitro groups is 1. The Morgan fingerprint density at radius 2 is 1.79 bits per heavy atom. The molecule has 4 fully saturated rings. The first-order valence-corrected chi connectivity index (χ1v) is 9.06. The van der Waals surface area contributed by atoms with Gasteiger partial charge in [0, 0.05) is 5.41 Å². The second-order valence-corrected chi connectivity index (χ2v) is 8.40. The minimum Gasteiger partial charge on any atom is -0.419 e. The lowest BCUT2D eigenvalue weighted by molar-refractivity contribution is -0.390. The molecule has 9 heteroatoms. The third-order valence-corrected chi connectivity index (χ3v) is 6.74. The molecule has 4 saturated carbocycles. The third-order valence-electron chi connectivity index (χ3n) is 5.99. The molecule has 4 aliphatic rings. The van der Waals surface area contributed by atoms with Gasteiger partial charge in [-0.15, -0.1) is 15.3 Å². The zero-order chi connectivity index (χ0) is 16.5. The van der Waals surface area contributed by atoms with Crippen LogP contribution >= 0.6 is 15.9 Å². The molecular formula is C15H16BrN5O3. The topological polar surface area (TPSA) is 111 Å². The van der Waals surface area contributed by atoms with Crippen molar-refractivity contribution in [1.29, 1.82) is 0 Å². The summed E-state index contributed by atoms with van der Waals surface area (Å²) in [5.41, 5.74) is 0.305. The standard InChI is InChI=1S/C15H16BrN5O3/c16-10-11(17-18-12(10)21(22)23)13-19-20-14(24-13)15-4-7-1-8(5-15)3-9(2-7)6-15/h7-9H,1-6H2,(H,17,18). The molecular weight excluding hydrogens is 378 g/mol. The number of rotatable bonds is 3. The van der Waals surface area contributed by atoms with Crippen molar-refractivity contribution in [2.45, 2.75) is 43.9 Å². The maximum absolute atomic E-state index is 10.9. The van der Waals surface area contributed by atoms with Crippen LogP contribution in [0.1, 0.15) is 44.4 Å². The van der Waals surface area contributed by atoms with Gasteiger partial charge in [0.25, 0.3) is 5.89 Å². The number of aromatic nitrogens is 4. The average molecular weight is 394 g/mol. The van der Waals surface area contributed by atoms with Crippen LogP contribution in [0, 0.1) is 27.9 Å². The Bertz CT molecular complexity index is 794. The second-order valence-electron chi connectivity index (χ2n) is 7.60. The number of nitrogens with one attached hydrogen (secondary N) is 1. The Balaban J connectivity index is 1.51. The maximum atomic E-state index is 10.9. The predicted molar refractivity (Wildman–Crippen MR) is 86.1 cm³/mol. The van der Waals surface area contributed by atoms with Gasteiger partial charge in [-0.3, -0.25) is 0 Å². The van der Waals surface area contributed by atoms with Crippen LogP contribution in [0.15, 0.2) is 8.89 Å². The zero-order valence-corrected chi connectivity index (χ0v) is 14.5. The molecule has 2 aromatic rings. The van der Waals surface area contributed by atoms with E-state index in [9.17, 15) is 10.1 Å². The van der Waals surface area contributed by atoms with Crippen LogP contribution in [0.4, 0.5) is 5.82 Å². The van der Waals surface area contributed by atoms with Gasteiger partial charge in [-0.25, -0.2) is 0 Å². The molecule has 6 rings (SSSR count). The number of aromatic amines is 1. The Labute approximate surface area is 145 Å². The summed E-state index contributed by atoms with van der Waals surface area (Å²) in [5, 5.41) is 25.7. The summed E-state index contributed by atoms with van der Waals surface area (Å²) in [7, 11) is 0. The number of halogens is 1. The van der Waals surface area contributed by atoms with Crippen molar-refractivity contribution >= 4 is 21.7 Å². The number of H-pyrrole nitrogens is 1. The fourth-order valence-corrected chi connectivity index (χ4v) is 5.98. The molecule has 2 aromatic heterocycles. The van der Waals surface area contributed by atoms with Crippen molar-refractivity contribution in [3.8, 4) is 11.6 Å². The van der Waals surface area contributed by atoms with E-state index in [-0.39, 0.29) is 21.6 Å². The van der Waals surface area contributed by atoms with Crippen LogP contribution in [0.2, 0.25) is 0 Å². The van der Waals surface area contributed by atoms with Gasteiger partial charge in [0.2, 0.25) is 5.89 Å². The van der Waals surface area contributed by atoms with E-state index in [0.29, 0.717) is 11.6 Å². The van der Waals surface area contributed by atoms with Crippen LogP contribution in [0.25, 0.3) is 11.6 Å². The van der Waals surface area contributed by atoms with E-state index in [2.05, 4.69) is 36.3 Å². The van der Waals surface area contributed by atoms with Gasteiger partial charge >= 0.3 is 5.82 Å². The summed E-state index contributed by atoms with van der Waals surface area (Å²) in [6, 6.07) is 0. The normalized spacial score (nSPS) is 34.0. The largest absolute Gasteiger partial charge is 0.419 e. The van der Waals surface area contributed by atoms with Gasteiger partial charge in [0.05, 0.1) is 0 Å². The molecule has 24 heavy (non-hydrogen) atoms. The summed E-state index contributed by atoms with van der Waals surface area (Å²) < 4.78 is 6.21. The lowest BCUT2D eigenvalue weighted by atomic mass is 9.49. The molecule has 4 aliphatic carbocycles. The molecule has 126 valence electrons. The van der Waals surface area contributed by atoms with Crippen molar-refractivity contribution in [2.75, 3.05) is 0 Å². The molecule has 8 nitrogen and oxygen atoms in total. The van der Waals surface area contributed by atoms with Crippen molar-refractivity contribution in [3.05, 3.63) is 20.5 Å². The molecule has 0 atom stereocenters. The fraction of sp³-hybridized carbons (Fsp3) is 0.667. The van der Waals surface area contributed by atoms with Gasteiger partial charge in [0.1, 0.15) is 4.47 Å². The van der Waals surface area contributed by atoms with E-state index in [0.717, 1.165) is 37.0 Å². The van der Waals surface area contributed by atoms with Crippen LogP contribution in [0.3, 0.4) is 0 Å². The Morgan fingerprint density at radius 3 is 2.33 bits per heavy atom. The van der Waals surface area contributed by atoms with Crippen molar-refractivity contribution < 1.29 is 9.34 Å². The summed E-state index contributed by atoms with van der Waals surface area (Å²) in [6.07, 6.45) is 7.42. The lowest BCUT2D eigenvalue weighted by Gasteiger charge is -2.55. The quantitative estimate of drug-likeness (QED) is 0.629. The van der Waals surface area contributed by atoms with E-state index < -0.39 is 4.92 Å². The number of hydrogen-bond donors (Lipinski definition) is 1. The summed E-state index contributed by atoms with van der Waals surface area (Å²) in [4.78, 5) is 10.4. The van der Waals surface area contributed by atoms with Crippen molar-refractivity contribution in [2.24, 2.45) is 17.8 Å². The van der Waals surface area contributed by atoms with Crippen LogP contribution in [0.5, 0.6) is 0 Å². The van der Waals surface area contributed by atoms with Crippen LogP contribution in [-0.2, 0) is 5.41 Å². The highest BCUT2D eigenvalue weighted by molar-refractivity contribution is 9.10. The Hall–Kier alpha value is -1.77. The molecule has 1 N–H and O–H groups in total. The average Bonchev–Trinajstić information content (AvgIpc) is 3.12. The molecule has 0 aliphatic heterocycles. The molecule has 2 heterocycles. The summed E-state index contributed by atoms with van der Waals surface area (Å²) in [6.45, 7) is 0. The lowest BCUT2D eigenvalue weighted by Crippen LogP contribution is -2.48. The molecule has 0 saturated heterocycles. The summed E-state index contributed by atoms with van der Waals surface area (Å²) in [5.74, 6) is 3.06. The van der Waals surface area contributed by atoms with E-state index in [4.69, 9.17) is 4.42 Å². The predicted octanol–water partition coefficient (Wildman–Crippen LogP) is 3.60. The van der Waals surface area contributed by atoms with Gasteiger partial charge in [-0.2, -0.15) is 0 Å². The van der Waals surface area contributed by atoms with E-state index >= 15 is 0 Å². The molecule has 0 radical (unpaired) electrons. The zero-order valence-electron chi connectivity index (χ0n) is 12.9. The number of nitrogens with zero attached hydrogens (tertiary/aromatic N) is 4. The molecule has 0 spiro atoms. The first kappa shape index (κ1) is 14.6. The third kappa shape index (κ3) is 2.00. The molecule has 0 unspecified atom stereocenters. The highest BCUT2D eigenvalue weighted by atomic mass is 79.9. The smallest absolute Gasteiger partial charge is 0.357 e. The molecule has 4 bridgehead atoms. The first-order chi connectivity index (χ1) is 11.5. The van der Waals surface area contributed by atoms with Gasteiger partial charge < -0.3 is 14.5 Å². The van der Waals surface area contributed by atoms with Gasteiger partial charge in [-0.05, 0) is 77.1 Å². The van der Waals surface area contributed by atoms with Gasteiger partial charge in [0.15, 0.2) is 5.69 Å². The molecule has 0 aromatic carbocycles. The summed E-state index contributed by atoms with van der Waals surface area (Å²) >= 11 is 3.20. The van der Waals surface area contributed by atoms with Crippen molar-refractivity contribution in [3.63, 3.8) is 0 Å². The second kappa shape index (κ2) is 4.87. The Morgan fingerprint density at radius 1 is 1.17 bits per heavy atom. The Kier molecular flexibility index (Phi) is 2.96.